The molecule has 0 bridgehead atoms. The fourth-order valence-electron chi connectivity index (χ4n) is 4.91. The van der Waals surface area contributed by atoms with Gasteiger partial charge in [-0.25, -0.2) is 9.37 Å². The second-order valence-corrected chi connectivity index (χ2v) is 10.7. The number of hydrogen-bond acceptors (Lipinski definition) is 7. The SMILES string of the molecule is COc1cc(C(=O)CC[C@](O)(c2cc3c(c(-c4ccc(C)cc4)n2)OC[C@]3(F)C(N)=O)C(F)(F)F)cc2cc(Cl)cnc12. The predicted octanol–water partition coefficient (Wildman–Crippen LogP) is 5.72. The third-order valence-corrected chi connectivity index (χ3v) is 7.60. The van der Waals surface area contributed by atoms with Gasteiger partial charge in [-0.1, -0.05) is 41.4 Å². The lowest BCUT2D eigenvalue weighted by molar-refractivity contribution is -0.270. The summed E-state index contributed by atoms with van der Waals surface area (Å²) in [6.45, 7) is 0.900. The number of nitrogens with two attached hydrogens (primary N) is 1. The molecule has 224 valence electrons. The number of rotatable bonds is 8. The number of hydrogen-bond donors (Lipinski definition) is 2. The van der Waals surface area contributed by atoms with Gasteiger partial charge >= 0.3 is 6.18 Å². The average molecular weight is 618 g/mol. The van der Waals surface area contributed by atoms with E-state index in [9.17, 15) is 27.9 Å². The first-order valence-electron chi connectivity index (χ1n) is 12.9. The molecule has 0 radical (unpaired) electrons. The number of carbonyl (C=O) groups excluding carboxylic acids is 2. The Morgan fingerprint density at radius 1 is 1.16 bits per heavy atom. The highest BCUT2D eigenvalue weighted by atomic mass is 35.5. The van der Waals surface area contributed by atoms with Crippen molar-refractivity contribution in [2.45, 2.75) is 37.2 Å². The number of alkyl halides is 4. The summed E-state index contributed by atoms with van der Waals surface area (Å²) in [4.78, 5) is 33.5. The second-order valence-electron chi connectivity index (χ2n) is 10.2. The Balaban J connectivity index is 1.59. The van der Waals surface area contributed by atoms with Gasteiger partial charge in [0.25, 0.3) is 11.6 Å². The summed E-state index contributed by atoms with van der Waals surface area (Å²) in [6, 6.07) is 11.2. The van der Waals surface area contributed by atoms with Crippen LogP contribution in [-0.4, -0.2) is 46.7 Å². The first-order chi connectivity index (χ1) is 20.2. The van der Waals surface area contributed by atoms with Gasteiger partial charge in [-0.2, -0.15) is 13.2 Å². The Labute approximate surface area is 247 Å². The van der Waals surface area contributed by atoms with Crippen molar-refractivity contribution < 1.29 is 41.7 Å². The van der Waals surface area contributed by atoms with Crippen molar-refractivity contribution in [3.8, 4) is 22.8 Å². The van der Waals surface area contributed by atoms with E-state index in [1.165, 1.54) is 43.6 Å². The maximum absolute atomic E-state index is 15.7. The molecule has 0 aliphatic carbocycles. The molecule has 1 amide bonds. The van der Waals surface area contributed by atoms with E-state index in [0.29, 0.717) is 17.0 Å². The Kier molecular flexibility index (Phi) is 7.55. The van der Waals surface area contributed by atoms with E-state index >= 15 is 4.39 Å². The van der Waals surface area contributed by atoms with E-state index in [-0.39, 0.29) is 33.3 Å². The number of aromatic nitrogens is 2. The highest BCUT2D eigenvalue weighted by Crippen LogP contribution is 2.49. The fourth-order valence-corrected chi connectivity index (χ4v) is 5.07. The molecule has 2 aromatic carbocycles. The number of aliphatic hydroxyl groups is 1. The van der Waals surface area contributed by atoms with Crippen LogP contribution < -0.4 is 15.2 Å². The minimum Gasteiger partial charge on any atom is -0.494 e. The van der Waals surface area contributed by atoms with Gasteiger partial charge < -0.3 is 20.3 Å². The number of ketones is 1. The Morgan fingerprint density at radius 2 is 1.86 bits per heavy atom. The lowest BCUT2D eigenvalue weighted by atomic mass is 9.86. The van der Waals surface area contributed by atoms with Gasteiger partial charge in [0.2, 0.25) is 5.60 Å². The molecule has 1 aliphatic heterocycles. The van der Waals surface area contributed by atoms with E-state index in [1.807, 2.05) is 0 Å². The average Bonchev–Trinajstić information content (AvgIpc) is 3.32. The summed E-state index contributed by atoms with van der Waals surface area (Å²) < 4.78 is 70.3. The zero-order chi connectivity index (χ0) is 31.3. The number of pyridine rings is 2. The van der Waals surface area contributed by atoms with Crippen molar-refractivity contribution in [1.29, 1.82) is 0 Å². The Hall–Kier alpha value is -4.29. The molecule has 3 N–H and O–H groups in total. The lowest BCUT2D eigenvalue weighted by Gasteiger charge is -2.31. The van der Waals surface area contributed by atoms with E-state index < -0.39 is 59.8 Å². The molecule has 3 heterocycles. The molecule has 0 spiro atoms. The number of Topliss-reactive ketones (excluding diaryl/α,β-unsaturated/α-hetero) is 1. The molecule has 0 unspecified atom stereocenters. The fraction of sp³-hybridized carbons (Fsp3) is 0.267. The smallest absolute Gasteiger partial charge is 0.422 e. The minimum atomic E-state index is -5.37. The molecule has 5 rings (SSSR count). The molecule has 0 saturated heterocycles. The zero-order valence-electron chi connectivity index (χ0n) is 22.8. The summed E-state index contributed by atoms with van der Waals surface area (Å²) >= 11 is 6.01. The van der Waals surface area contributed by atoms with Gasteiger partial charge in [-0.15, -0.1) is 0 Å². The van der Waals surface area contributed by atoms with Gasteiger partial charge in [0.15, 0.2) is 11.5 Å². The maximum atomic E-state index is 15.7. The standard InChI is InChI=1S/C30H24ClF4N3O5/c1-15-3-5-16(6-4-15)25-26-20(28(32,14-43-26)27(36)40)12-23(38-25)29(41,30(33,34)35)8-7-21(39)17-9-18-10-19(31)13-37-24(18)22(11-17)42-2/h3-6,9-13,41H,7-8,14H2,1-2H3,(H2,36,40)/t28-,29+/m1/s1. The van der Waals surface area contributed by atoms with Crippen LogP contribution in [0.1, 0.15) is 40.0 Å². The zero-order valence-corrected chi connectivity index (χ0v) is 23.5. The first kappa shape index (κ1) is 30.2. The summed E-state index contributed by atoms with van der Waals surface area (Å²) in [7, 11) is 1.34. The van der Waals surface area contributed by atoms with Crippen LogP contribution in [0.5, 0.6) is 11.5 Å². The topological polar surface area (TPSA) is 125 Å². The largest absolute Gasteiger partial charge is 0.494 e. The number of nitrogens with zero attached hydrogens (tertiary/aromatic N) is 2. The summed E-state index contributed by atoms with van der Waals surface area (Å²) in [5.74, 6) is -2.32. The number of halogens is 5. The van der Waals surface area contributed by atoms with Gasteiger partial charge in [0, 0.05) is 34.7 Å². The lowest BCUT2D eigenvalue weighted by Crippen LogP contribution is -2.44. The number of aryl methyl sites for hydroxylation is 1. The Bertz CT molecular complexity index is 1770. The van der Waals surface area contributed by atoms with Crippen LogP contribution in [0.25, 0.3) is 22.2 Å². The van der Waals surface area contributed by atoms with Crippen LogP contribution in [0.3, 0.4) is 0 Å². The highest BCUT2D eigenvalue weighted by Gasteiger charge is 2.58. The summed E-state index contributed by atoms with van der Waals surface area (Å²) in [5.41, 5.74) is -1.86. The number of carbonyl (C=O) groups is 2. The number of primary amides is 1. The minimum absolute atomic E-state index is 0.00917. The quantitative estimate of drug-likeness (QED) is 0.191. The van der Waals surface area contributed by atoms with Gasteiger partial charge in [-0.05, 0) is 37.6 Å². The molecule has 1 aliphatic rings. The number of fused-ring (bicyclic) bond motifs is 2. The molecule has 43 heavy (non-hydrogen) atoms. The monoisotopic (exact) mass is 617 g/mol. The molecule has 13 heteroatoms. The van der Waals surface area contributed by atoms with E-state index in [2.05, 4.69) is 9.97 Å². The van der Waals surface area contributed by atoms with Crippen molar-refractivity contribution in [3.05, 3.63) is 82.1 Å². The van der Waals surface area contributed by atoms with Crippen LogP contribution in [0.2, 0.25) is 5.02 Å². The molecule has 4 aromatic rings. The van der Waals surface area contributed by atoms with Crippen LogP contribution in [-0.2, 0) is 16.1 Å². The summed E-state index contributed by atoms with van der Waals surface area (Å²) in [5, 5.41) is 11.9. The first-order valence-corrected chi connectivity index (χ1v) is 13.3. The third-order valence-electron chi connectivity index (χ3n) is 7.39. The molecule has 0 saturated carbocycles. The van der Waals surface area contributed by atoms with E-state index in [0.717, 1.165) is 5.56 Å². The third kappa shape index (κ3) is 5.25. The van der Waals surface area contributed by atoms with Crippen LogP contribution in [0.15, 0.2) is 54.7 Å². The summed E-state index contributed by atoms with van der Waals surface area (Å²) in [6.07, 6.45) is -5.98. The van der Waals surface area contributed by atoms with Gasteiger partial charge in [0.05, 0.1) is 17.8 Å². The highest BCUT2D eigenvalue weighted by molar-refractivity contribution is 6.31. The van der Waals surface area contributed by atoms with Crippen molar-refractivity contribution in [2.75, 3.05) is 13.7 Å². The number of benzene rings is 2. The van der Waals surface area contributed by atoms with Crippen molar-refractivity contribution in [1.82, 2.24) is 9.97 Å². The van der Waals surface area contributed by atoms with E-state index in [1.54, 1.807) is 19.1 Å². The molecular formula is C30H24ClF4N3O5. The van der Waals surface area contributed by atoms with E-state index in [4.69, 9.17) is 26.8 Å². The molecule has 2 atom stereocenters. The number of methoxy groups -OCH3 is 1. The van der Waals surface area contributed by atoms with Crippen molar-refractivity contribution in [2.24, 2.45) is 5.73 Å². The maximum Gasteiger partial charge on any atom is 0.422 e. The second kappa shape index (κ2) is 10.8. The van der Waals surface area contributed by atoms with Crippen molar-refractivity contribution >= 4 is 34.2 Å². The van der Waals surface area contributed by atoms with Crippen LogP contribution >= 0.6 is 11.6 Å². The van der Waals surface area contributed by atoms with Crippen molar-refractivity contribution in [3.63, 3.8) is 0 Å². The predicted molar refractivity (Wildman–Crippen MR) is 149 cm³/mol. The number of amides is 1. The normalized spacial score (nSPS) is 17.7. The molecule has 2 aromatic heterocycles. The molecule has 8 nitrogen and oxygen atoms in total. The number of ether oxygens (including phenoxy) is 2. The van der Waals surface area contributed by atoms with Gasteiger partial charge in [0.1, 0.15) is 23.6 Å². The van der Waals surface area contributed by atoms with Crippen LogP contribution in [0, 0.1) is 6.92 Å². The molecule has 0 fully saturated rings. The Morgan fingerprint density at radius 3 is 2.49 bits per heavy atom. The van der Waals surface area contributed by atoms with Gasteiger partial charge in [-0.3, -0.25) is 14.6 Å². The van der Waals surface area contributed by atoms with Crippen LogP contribution in [0.4, 0.5) is 17.6 Å². The molecular weight excluding hydrogens is 594 g/mol.